The molecule has 6 nitrogen and oxygen atoms in total. The van der Waals surface area contributed by atoms with Gasteiger partial charge in [-0.2, -0.15) is 5.10 Å². The van der Waals surface area contributed by atoms with E-state index in [0.717, 1.165) is 44.7 Å². The number of rotatable bonds is 4. The quantitative estimate of drug-likeness (QED) is 0.831. The molecule has 2 aliphatic rings. The molecular formula is C21H27N3O3. The number of amides is 1. The molecule has 0 N–H and O–H groups in total. The molecule has 4 rings (SSSR count). The molecule has 2 aliphatic heterocycles. The van der Waals surface area contributed by atoms with Gasteiger partial charge in [0.25, 0.3) is 5.91 Å². The van der Waals surface area contributed by atoms with Crippen LogP contribution >= 0.6 is 0 Å². The van der Waals surface area contributed by atoms with E-state index in [-0.39, 0.29) is 12.5 Å². The van der Waals surface area contributed by atoms with E-state index in [1.165, 1.54) is 22.5 Å². The number of piperidine rings is 1. The number of aromatic nitrogens is 2. The SMILES string of the molecule is Cc1ccc(OCC(=O)N2CCC(c3nn(C)c4c3COCC4)CC2)cc1. The average Bonchev–Trinajstić information content (AvgIpc) is 3.04. The summed E-state index contributed by atoms with van der Waals surface area (Å²) in [6.07, 6.45) is 2.83. The summed E-state index contributed by atoms with van der Waals surface area (Å²) >= 11 is 0. The molecule has 1 fully saturated rings. The predicted molar refractivity (Wildman–Crippen MR) is 102 cm³/mol. The first kappa shape index (κ1) is 18.0. The summed E-state index contributed by atoms with van der Waals surface area (Å²) < 4.78 is 13.3. The Morgan fingerprint density at radius 3 is 2.74 bits per heavy atom. The van der Waals surface area contributed by atoms with Gasteiger partial charge in [-0.25, -0.2) is 0 Å². The largest absolute Gasteiger partial charge is 0.484 e. The number of carbonyl (C=O) groups is 1. The van der Waals surface area contributed by atoms with E-state index >= 15 is 0 Å². The van der Waals surface area contributed by atoms with Crippen molar-refractivity contribution >= 4 is 5.91 Å². The summed E-state index contributed by atoms with van der Waals surface area (Å²) in [6.45, 7) is 5.09. The van der Waals surface area contributed by atoms with Crippen molar-refractivity contribution in [2.45, 2.75) is 38.7 Å². The second kappa shape index (κ2) is 7.72. The van der Waals surface area contributed by atoms with Gasteiger partial charge in [-0.15, -0.1) is 0 Å². The minimum absolute atomic E-state index is 0.0559. The normalized spacial score (nSPS) is 17.6. The second-order valence-corrected chi connectivity index (χ2v) is 7.49. The molecule has 0 aliphatic carbocycles. The van der Waals surface area contributed by atoms with E-state index < -0.39 is 0 Å². The molecular weight excluding hydrogens is 342 g/mol. The second-order valence-electron chi connectivity index (χ2n) is 7.49. The third-order valence-corrected chi connectivity index (χ3v) is 5.65. The molecule has 0 atom stereocenters. The first-order chi connectivity index (χ1) is 13.1. The summed E-state index contributed by atoms with van der Waals surface area (Å²) in [7, 11) is 2.02. The molecule has 6 heteroatoms. The third-order valence-electron chi connectivity index (χ3n) is 5.65. The molecule has 0 saturated carbocycles. The van der Waals surface area contributed by atoms with Crippen LogP contribution in [-0.4, -0.2) is 46.9 Å². The lowest BCUT2D eigenvalue weighted by molar-refractivity contribution is -0.134. The Bertz CT molecular complexity index is 805. The summed E-state index contributed by atoms with van der Waals surface area (Å²) in [5, 5.41) is 4.78. The van der Waals surface area contributed by atoms with Crippen LogP contribution in [0, 0.1) is 6.92 Å². The molecule has 1 aromatic carbocycles. The highest BCUT2D eigenvalue weighted by Gasteiger charge is 2.30. The Kier molecular flexibility index (Phi) is 5.16. The number of benzene rings is 1. The van der Waals surface area contributed by atoms with E-state index in [9.17, 15) is 4.79 Å². The van der Waals surface area contributed by atoms with Crippen LogP contribution in [0.3, 0.4) is 0 Å². The fourth-order valence-electron chi connectivity index (χ4n) is 4.04. The minimum atomic E-state index is 0.0559. The van der Waals surface area contributed by atoms with Crippen molar-refractivity contribution in [2.75, 3.05) is 26.3 Å². The van der Waals surface area contributed by atoms with Crippen molar-refractivity contribution in [1.29, 1.82) is 0 Å². The average molecular weight is 369 g/mol. The summed E-state index contributed by atoms with van der Waals surface area (Å²) in [5.74, 6) is 1.20. The van der Waals surface area contributed by atoms with E-state index in [1.54, 1.807) is 0 Å². The van der Waals surface area contributed by atoms with Crippen LogP contribution in [0.4, 0.5) is 0 Å². The number of nitrogens with zero attached hydrogens (tertiary/aromatic N) is 3. The molecule has 0 spiro atoms. The molecule has 27 heavy (non-hydrogen) atoms. The minimum Gasteiger partial charge on any atom is -0.484 e. The van der Waals surface area contributed by atoms with Crippen molar-refractivity contribution < 1.29 is 14.3 Å². The van der Waals surface area contributed by atoms with Crippen LogP contribution in [-0.2, 0) is 29.6 Å². The Morgan fingerprint density at radius 1 is 1.26 bits per heavy atom. The topological polar surface area (TPSA) is 56.6 Å². The number of likely N-dealkylation sites (tertiary alicyclic amines) is 1. The van der Waals surface area contributed by atoms with Crippen molar-refractivity contribution in [2.24, 2.45) is 7.05 Å². The van der Waals surface area contributed by atoms with Crippen molar-refractivity contribution in [3.63, 3.8) is 0 Å². The van der Waals surface area contributed by atoms with E-state index in [4.69, 9.17) is 14.6 Å². The lowest BCUT2D eigenvalue weighted by Gasteiger charge is -2.31. The number of carbonyl (C=O) groups excluding carboxylic acids is 1. The number of hydrogen-bond donors (Lipinski definition) is 0. The van der Waals surface area contributed by atoms with Crippen LogP contribution < -0.4 is 4.74 Å². The van der Waals surface area contributed by atoms with Gasteiger partial charge in [-0.3, -0.25) is 9.48 Å². The van der Waals surface area contributed by atoms with Crippen molar-refractivity contribution in [3.05, 3.63) is 46.8 Å². The van der Waals surface area contributed by atoms with Crippen LogP contribution in [0.2, 0.25) is 0 Å². The van der Waals surface area contributed by atoms with Gasteiger partial charge in [-0.05, 0) is 31.9 Å². The number of hydrogen-bond acceptors (Lipinski definition) is 4. The number of fused-ring (bicyclic) bond motifs is 1. The highest BCUT2D eigenvalue weighted by atomic mass is 16.5. The van der Waals surface area contributed by atoms with E-state index in [2.05, 4.69) is 0 Å². The smallest absolute Gasteiger partial charge is 0.260 e. The molecule has 0 radical (unpaired) electrons. The summed E-state index contributed by atoms with van der Waals surface area (Å²) in [5.41, 5.74) is 4.94. The molecule has 1 saturated heterocycles. The number of aryl methyl sites for hydroxylation is 2. The zero-order valence-electron chi connectivity index (χ0n) is 16.1. The zero-order chi connectivity index (χ0) is 18.8. The third kappa shape index (κ3) is 3.86. The molecule has 0 unspecified atom stereocenters. The van der Waals surface area contributed by atoms with E-state index in [0.29, 0.717) is 12.5 Å². The Morgan fingerprint density at radius 2 is 2.00 bits per heavy atom. The molecule has 1 amide bonds. The predicted octanol–water partition coefficient (Wildman–Crippen LogP) is 2.59. The van der Waals surface area contributed by atoms with Crippen LogP contribution in [0.1, 0.15) is 41.3 Å². The first-order valence-corrected chi connectivity index (χ1v) is 9.71. The Labute approximate surface area is 160 Å². The molecule has 3 heterocycles. The van der Waals surface area contributed by atoms with Gasteiger partial charge in [0.1, 0.15) is 5.75 Å². The van der Waals surface area contributed by atoms with Gasteiger partial charge >= 0.3 is 0 Å². The highest BCUT2D eigenvalue weighted by Crippen LogP contribution is 2.32. The molecule has 144 valence electrons. The van der Waals surface area contributed by atoms with Gasteiger partial charge in [0.05, 0.1) is 18.9 Å². The van der Waals surface area contributed by atoms with Crippen LogP contribution in [0.25, 0.3) is 0 Å². The van der Waals surface area contributed by atoms with Gasteiger partial charge < -0.3 is 14.4 Å². The van der Waals surface area contributed by atoms with Crippen molar-refractivity contribution in [1.82, 2.24) is 14.7 Å². The molecule has 1 aromatic heterocycles. The van der Waals surface area contributed by atoms with Gasteiger partial charge in [-0.1, -0.05) is 17.7 Å². The Hall–Kier alpha value is -2.34. The monoisotopic (exact) mass is 369 g/mol. The maximum absolute atomic E-state index is 12.5. The van der Waals surface area contributed by atoms with Crippen LogP contribution in [0.5, 0.6) is 5.75 Å². The lowest BCUT2D eigenvalue weighted by atomic mass is 9.90. The first-order valence-electron chi connectivity index (χ1n) is 9.71. The highest BCUT2D eigenvalue weighted by molar-refractivity contribution is 5.77. The lowest BCUT2D eigenvalue weighted by Crippen LogP contribution is -2.40. The zero-order valence-corrected chi connectivity index (χ0v) is 16.1. The summed E-state index contributed by atoms with van der Waals surface area (Å²) in [6, 6.07) is 7.79. The maximum Gasteiger partial charge on any atom is 0.260 e. The fourth-order valence-corrected chi connectivity index (χ4v) is 4.04. The summed E-state index contributed by atoms with van der Waals surface area (Å²) in [4.78, 5) is 14.4. The molecule has 2 aromatic rings. The standard InChI is InChI=1S/C21H27N3O3/c1-15-3-5-17(6-4-15)27-14-20(25)24-10-7-16(8-11-24)21-18-13-26-12-9-19(18)23(2)22-21/h3-6,16H,7-14H2,1-2H3. The number of ether oxygens (including phenoxy) is 2. The van der Waals surface area contributed by atoms with Gasteiger partial charge in [0.2, 0.25) is 0 Å². The van der Waals surface area contributed by atoms with E-state index in [1.807, 2.05) is 47.8 Å². The molecule has 0 bridgehead atoms. The van der Waals surface area contributed by atoms with Crippen molar-refractivity contribution in [3.8, 4) is 5.75 Å². The Balaban J connectivity index is 1.32. The van der Waals surface area contributed by atoms with Gasteiger partial charge in [0, 0.05) is 43.7 Å². The fraction of sp³-hybridized carbons (Fsp3) is 0.524. The van der Waals surface area contributed by atoms with Crippen LogP contribution in [0.15, 0.2) is 24.3 Å². The maximum atomic E-state index is 12.5. The van der Waals surface area contributed by atoms with Gasteiger partial charge in [0.15, 0.2) is 6.61 Å².